The number of fused-ring (bicyclic) bond motifs is 3. The molecule has 0 N–H and O–H groups in total. The zero-order valence-electron chi connectivity index (χ0n) is 22.8. The van der Waals surface area contributed by atoms with Crippen molar-refractivity contribution < 1.29 is 12.4 Å². The molecule has 1 aliphatic carbocycles. The van der Waals surface area contributed by atoms with Crippen molar-refractivity contribution in [2.24, 2.45) is 0 Å². The van der Waals surface area contributed by atoms with Crippen LogP contribution in [0, 0.1) is 0 Å². The summed E-state index contributed by atoms with van der Waals surface area (Å²) in [4.78, 5) is 8.21. The number of thiophene rings is 1. The molecule has 0 amide bonds. The first-order chi connectivity index (χ1) is 17.1. The van der Waals surface area contributed by atoms with Gasteiger partial charge in [0.1, 0.15) is 0 Å². The van der Waals surface area contributed by atoms with E-state index in [9.17, 15) is 0 Å². The Kier molecular flexibility index (Phi) is 8.28. The van der Waals surface area contributed by atoms with Crippen LogP contribution in [0.5, 0.6) is 0 Å². The molecule has 3 heterocycles. The fourth-order valence-electron chi connectivity index (χ4n) is 5.27. The Labute approximate surface area is 242 Å². The molecule has 7 heteroatoms. The Hall–Kier alpha value is -1.69. The molecular weight excluding hydrogens is 581 g/mol. The second-order valence-corrected chi connectivity index (χ2v) is 14.4. The van der Waals surface area contributed by atoms with E-state index >= 15 is 0 Å². The van der Waals surface area contributed by atoms with Crippen molar-refractivity contribution in [3.8, 4) is 20.4 Å². The molecule has 0 atom stereocenters. The maximum atomic E-state index is 5.90. The molecule has 5 rings (SSSR count). The van der Waals surface area contributed by atoms with Crippen LogP contribution in [0.2, 0.25) is 0 Å². The Bertz CT molecular complexity index is 1510. The maximum Gasteiger partial charge on any atom is -1.00 e. The van der Waals surface area contributed by atoms with Gasteiger partial charge in [0, 0.05) is 0 Å². The van der Waals surface area contributed by atoms with Gasteiger partial charge in [-0.3, -0.25) is 0 Å². The van der Waals surface area contributed by atoms with Crippen LogP contribution in [0.3, 0.4) is 0 Å². The summed E-state index contributed by atoms with van der Waals surface area (Å²) in [6, 6.07) is 16.6. The topological polar surface area (TPSA) is 9.49 Å². The Balaban J connectivity index is 0.00000320. The summed E-state index contributed by atoms with van der Waals surface area (Å²) in [5.74, 6) is 0. The van der Waals surface area contributed by atoms with Crippen LogP contribution < -0.4 is 27.2 Å². The molecule has 3 nitrogen and oxygen atoms in total. The minimum atomic E-state index is 0. The van der Waals surface area contributed by atoms with Gasteiger partial charge in [0.15, 0.2) is 0 Å². The SMILES string of the molecule is CCN(CC)C(=S)c1ccc(-c2c3ccc(=[N+](C)C)cc-3[se]c3cc4c(cc23)C(C)(C)CCN4C)s1.[Cl-]. The zero-order chi connectivity index (χ0) is 25.8. The number of rotatable bonds is 4. The molecule has 2 aromatic rings. The van der Waals surface area contributed by atoms with Crippen molar-refractivity contribution in [1.82, 2.24) is 9.48 Å². The van der Waals surface area contributed by atoms with Gasteiger partial charge in [0.2, 0.25) is 0 Å². The third-order valence-corrected chi connectivity index (χ3v) is 11.7. The summed E-state index contributed by atoms with van der Waals surface area (Å²) in [5.41, 5.74) is 5.83. The van der Waals surface area contributed by atoms with Gasteiger partial charge in [-0.2, -0.15) is 0 Å². The van der Waals surface area contributed by atoms with Crippen molar-refractivity contribution in [2.45, 2.75) is 39.5 Å². The average Bonchev–Trinajstić information content (AvgIpc) is 3.34. The largest absolute Gasteiger partial charge is 1.00 e. The second kappa shape index (κ2) is 10.8. The van der Waals surface area contributed by atoms with E-state index in [0.717, 1.165) is 24.6 Å². The van der Waals surface area contributed by atoms with Crippen molar-refractivity contribution >= 4 is 58.4 Å². The summed E-state index contributed by atoms with van der Waals surface area (Å²) in [6.07, 6.45) is 1.18. The minimum Gasteiger partial charge on any atom is -1.00 e. The Morgan fingerprint density at radius 3 is 2.51 bits per heavy atom. The minimum absolute atomic E-state index is 0. The van der Waals surface area contributed by atoms with E-state index in [0.29, 0.717) is 0 Å². The molecule has 0 bridgehead atoms. The summed E-state index contributed by atoms with van der Waals surface area (Å²) in [5, 5.41) is 2.69. The number of anilines is 1. The van der Waals surface area contributed by atoms with Gasteiger partial charge in [-0.15, -0.1) is 0 Å². The molecule has 0 fully saturated rings. The molecular formula is C30H36ClN3S2Se. The van der Waals surface area contributed by atoms with Gasteiger partial charge in [0.25, 0.3) is 0 Å². The second-order valence-electron chi connectivity index (χ2n) is 10.6. The summed E-state index contributed by atoms with van der Waals surface area (Å²) in [6.45, 7) is 12.2. The van der Waals surface area contributed by atoms with E-state index in [1.54, 1.807) is 0 Å². The maximum absolute atomic E-state index is 5.90. The Morgan fingerprint density at radius 1 is 1.11 bits per heavy atom. The van der Waals surface area contributed by atoms with Gasteiger partial charge in [0.05, 0.1) is 0 Å². The Morgan fingerprint density at radius 2 is 1.84 bits per heavy atom. The number of thiocarbonyl (C=S) groups is 1. The average molecular weight is 617 g/mol. The van der Waals surface area contributed by atoms with Crippen LogP contribution >= 0.6 is 23.6 Å². The van der Waals surface area contributed by atoms with Crippen LogP contribution in [0.4, 0.5) is 5.69 Å². The van der Waals surface area contributed by atoms with Gasteiger partial charge >= 0.3 is 232 Å². The number of nitrogens with zero attached hydrogens (tertiary/aromatic N) is 3. The van der Waals surface area contributed by atoms with Crippen molar-refractivity contribution in [3.63, 3.8) is 0 Å². The number of hydrogen-bond acceptors (Lipinski definition) is 3. The van der Waals surface area contributed by atoms with E-state index in [1.807, 2.05) is 11.3 Å². The van der Waals surface area contributed by atoms with Crippen molar-refractivity contribution in [1.29, 1.82) is 0 Å². The smallest absolute Gasteiger partial charge is 1.00 e. The molecule has 0 saturated heterocycles. The first kappa shape index (κ1) is 28.3. The predicted octanol–water partition coefficient (Wildman–Crippen LogP) is 2.90. The molecule has 0 unspecified atom stereocenters. The molecule has 37 heavy (non-hydrogen) atoms. The van der Waals surface area contributed by atoms with Gasteiger partial charge in [-0.25, -0.2) is 0 Å². The quantitative estimate of drug-likeness (QED) is 0.151. The third kappa shape index (κ3) is 5.04. The molecule has 3 aliphatic rings. The summed E-state index contributed by atoms with van der Waals surface area (Å²) < 4.78 is 5.17. The van der Waals surface area contributed by atoms with E-state index in [-0.39, 0.29) is 32.3 Å². The van der Waals surface area contributed by atoms with Crippen LogP contribution in [-0.4, -0.2) is 65.2 Å². The third-order valence-electron chi connectivity index (χ3n) is 7.66. The van der Waals surface area contributed by atoms with Crippen LogP contribution in [0.25, 0.3) is 30.1 Å². The van der Waals surface area contributed by atoms with Gasteiger partial charge in [-0.1, -0.05) is 0 Å². The van der Waals surface area contributed by atoms with E-state index < -0.39 is 0 Å². The summed E-state index contributed by atoms with van der Waals surface area (Å²) in [7, 11) is 6.51. The molecule has 0 spiro atoms. The molecule has 2 aliphatic heterocycles. The standard InChI is InChI=1S/C30H36N3S2Se.ClH/c1-8-33(9-2)29(34)25-13-12-24(35-25)28-20-11-10-19(31(5)6)16-26(20)36-27-18-23-22(17-21(27)28)30(3,4)14-15-32(23)7;/h10-13,16-18H,8-9,14-15H2,1-7H3;1H/q+1;/p-1. The molecule has 196 valence electrons. The van der Waals surface area contributed by atoms with Gasteiger partial charge in [-0.05, 0) is 0 Å². The zero-order valence-corrected chi connectivity index (χ0v) is 26.9. The van der Waals surface area contributed by atoms with Crippen LogP contribution in [-0.2, 0) is 5.41 Å². The normalized spacial score (nSPS) is 14.4. The molecule has 0 saturated carbocycles. The van der Waals surface area contributed by atoms with Crippen molar-refractivity contribution in [2.75, 3.05) is 45.7 Å². The first-order valence-corrected chi connectivity index (χ1v) is 15.7. The van der Waals surface area contributed by atoms with Crippen LogP contribution in [0.1, 0.15) is 44.6 Å². The molecule has 0 radical (unpaired) electrons. The van der Waals surface area contributed by atoms with E-state index in [2.05, 4.69) is 106 Å². The molecule has 1 aromatic heterocycles. The van der Waals surface area contributed by atoms with Gasteiger partial charge < -0.3 is 12.4 Å². The number of hydrogen-bond donors (Lipinski definition) is 0. The fourth-order valence-corrected chi connectivity index (χ4v) is 9.16. The first-order valence-electron chi connectivity index (χ1n) is 12.8. The monoisotopic (exact) mass is 617 g/mol. The van der Waals surface area contributed by atoms with E-state index in [1.165, 1.54) is 58.0 Å². The fraction of sp³-hybridized carbons (Fsp3) is 0.400. The van der Waals surface area contributed by atoms with Crippen molar-refractivity contribution in [3.05, 3.63) is 58.3 Å². The number of benzene rings is 2. The predicted molar refractivity (Wildman–Crippen MR) is 163 cm³/mol. The number of halogens is 1. The van der Waals surface area contributed by atoms with Crippen LogP contribution in [0.15, 0.2) is 42.5 Å². The van der Waals surface area contributed by atoms with E-state index in [4.69, 9.17) is 12.2 Å². The molecule has 1 aromatic carbocycles. The summed E-state index contributed by atoms with van der Waals surface area (Å²) >= 11 is 8.01.